The molecule has 2 unspecified atom stereocenters. The zero-order valence-electron chi connectivity index (χ0n) is 29.9. The monoisotopic (exact) mass is 682 g/mol. The molecule has 0 bridgehead atoms. The highest BCUT2D eigenvalue weighted by molar-refractivity contribution is 7.88. The van der Waals surface area contributed by atoms with Crippen molar-refractivity contribution in [1.29, 1.82) is 0 Å². The predicted octanol–water partition coefficient (Wildman–Crippen LogP) is 2.00. The first-order chi connectivity index (χ1) is 21.4. The average Bonchev–Trinajstić information content (AvgIpc) is 3.59. The van der Waals surface area contributed by atoms with Crippen molar-refractivity contribution in [2.24, 2.45) is 40.2 Å². The summed E-state index contributed by atoms with van der Waals surface area (Å²) in [7, 11) is -2.06. The molecule has 2 aliphatic carbocycles. The highest BCUT2D eigenvalue weighted by Crippen LogP contribution is 2.53. The van der Waals surface area contributed by atoms with Crippen LogP contribution in [0.3, 0.4) is 0 Å². The van der Waals surface area contributed by atoms with Crippen molar-refractivity contribution >= 4 is 39.6 Å². The first kappa shape index (κ1) is 38.7. The van der Waals surface area contributed by atoms with Gasteiger partial charge in [-0.3, -0.25) is 19.2 Å². The van der Waals surface area contributed by atoms with E-state index in [9.17, 15) is 32.4 Å². The van der Waals surface area contributed by atoms with Gasteiger partial charge in [0.1, 0.15) is 12.1 Å². The normalized spacial score (nSPS) is 25.1. The molecule has 1 saturated heterocycles. The van der Waals surface area contributed by atoms with E-state index in [1.165, 1.54) is 11.4 Å². The van der Waals surface area contributed by atoms with Crippen molar-refractivity contribution in [3.05, 3.63) is 0 Å². The minimum absolute atomic E-state index is 0.0191. The zero-order chi connectivity index (χ0) is 35.9. The van der Waals surface area contributed by atoms with Gasteiger partial charge in [0.2, 0.25) is 27.6 Å². The van der Waals surface area contributed by atoms with Gasteiger partial charge >= 0.3 is 6.03 Å². The van der Waals surface area contributed by atoms with Gasteiger partial charge in [0, 0.05) is 20.1 Å². The Bertz CT molecular complexity index is 1340. The van der Waals surface area contributed by atoms with Crippen LogP contribution in [0.2, 0.25) is 0 Å². The average molecular weight is 683 g/mol. The van der Waals surface area contributed by atoms with Crippen LogP contribution in [0.25, 0.3) is 0 Å². The fraction of sp³-hybridized carbons (Fsp3) is 0.848. The Kier molecular flexibility index (Phi) is 11.5. The Hall–Kier alpha value is -2.74. The van der Waals surface area contributed by atoms with Gasteiger partial charge < -0.3 is 26.6 Å². The Morgan fingerprint density at radius 1 is 1.04 bits per heavy atom. The van der Waals surface area contributed by atoms with Crippen molar-refractivity contribution in [1.82, 2.24) is 25.2 Å². The van der Waals surface area contributed by atoms with Crippen LogP contribution < -0.4 is 21.7 Å². The third kappa shape index (κ3) is 8.84. The van der Waals surface area contributed by atoms with Crippen LogP contribution in [0.4, 0.5) is 4.79 Å². The van der Waals surface area contributed by atoms with Crippen LogP contribution in [0, 0.1) is 34.5 Å². The van der Waals surface area contributed by atoms with E-state index in [2.05, 4.69) is 29.8 Å². The number of carbonyl (C=O) groups is 5. The third-order valence-electron chi connectivity index (χ3n) is 11.0. The number of nitrogens with one attached hydrogen (secondary N) is 3. The lowest BCUT2D eigenvalue weighted by Gasteiger charge is -2.41. The highest BCUT2D eigenvalue weighted by atomic mass is 32.2. The first-order valence-electron chi connectivity index (χ1n) is 16.9. The maximum atomic E-state index is 14.6. The largest absolute Gasteiger partial charge is 0.363 e. The standard InChI is InChI=1S/C33H58N6O7S/c1-11-33(19(2)3,18-38(9)47(10,45)46)37-30(44)36-26(31(4,5)6)29(43)39-17-22-21(14-15-32(22,7)8)24(39)28(42)35-23(16-20-12-13-20)25(40)27(34)41/h19-24,26H,11-18H2,1-10H3,(H2,34,41)(H,35,42)(H2,36,37,44)/t21-,22-,23?,24-,26+,33?/m0/s1. The number of amides is 5. The van der Waals surface area contributed by atoms with Gasteiger partial charge in [-0.25, -0.2) is 17.5 Å². The van der Waals surface area contributed by atoms with E-state index >= 15 is 0 Å². The van der Waals surface area contributed by atoms with Crippen molar-refractivity contribution in [2.75, 3.05) is 26.4 Å². The summed E-state index contributed by atoms with van der Waals surface area (Å²) in [4.78, 5) is 68.4. The van der Waals surface area contributed by atoms with Gasteiger partial charge in [-0.2, -0.15) is 0 Å². The number of hydrogen-bond acceptors (Lipinski definition) is 7. The van der Waals surface area contributed by atoms with Crippen molar-refractivity contribution in [3.8, 4) is 0 Å². The molecule has 1 heterocycles. The van der Waals surface area contributed by atoms with E-state index in [1.54, 1.807) is 4.90 Å². The molecule has 2 saturated carbocycles. The molecule has 6 atom stereocenters. The van der Waals surface area contributed by atoms with Gasteiger partial charge in [0.05, 0.1) is 17.8 Å². The van der Waals surface area contributed by atoms with E-state index in [0.717, 1.165) is 25.5 Å². The number of carbonyl (C=O) groups excluding carboxylic acids is 5. The molecule has 0 aromatic carbocycles. The van der Waals surface area contributed by atoms with Crippen LogP contribution in [0.1, 0.15) is 93.9 Å². The number of ketones is 1. The summed E-state index contributed by atoms with van der Waals surface area (Å²) in [6, 6.07) is -3.60. The molecule has 14 heteroatoms. The number of hydrogen-bond donors (Lipinski definition) is 4. The van der Waals surface area contributed by atoms with Crippen molar-refractivity contribution < 1.29 is 32.4 Å². The van der Waals surface area contributed by atoms with Crippen LogP contribution in [0.5, 0.6) is 0 Å². The molecule has 5 amide bonds. The second-order valence-corrected chi connectivity index (χ2v) is 18.4. The lowest BCUT2D eigenvalue weighted by atomic mass is 9.79. The number of primary amides is 1. The van der Waals surface area contributed by atoms with Gasteiger partial charge in [-0.05, 0) is 60.2 Å². The fourth-order valence-corrected chi connectivity index (χ4v) is 7.89. The number of rotatable bonds is 14. The van der Waals surface area contributed by atoms with E-state index in [0.29, 0.717) is 25.8 Å². The number of likely N-dealkylation sites (tertiary alicyclic amines) is 1. The smallest absolute Gasteiger partial charge is 0.315 e. The molecule has 47 heavy (non-hydrogen) atoms. The van der Waals surface area contributed by atoms with E-state index < -0.39 is 68.6 Å². The van der Waals surface area contributed by atoms with Gasteiger partial charge in [-0.15, -0.1) is 0 Å². The maximum Gasteiger partial charge on any atom is 0.315 e. The van der Waals surface area contributed by atoms with Gasteiger partial charge in [-0.1, -0.05) is 68.2 Å². The molecule has 0 aromatic heterocycles. The van der Waals surface area contributed by atoms with Gasteiger partial charge in [0.25, 0.3) is 5.91 Å². The molecule has 3 rings (SSSR count). The van der Waals surface area contributed by atoms with E-state index in [4.69, 9.17) is 5.73 Å². The summed E-state index contributed by atoms with van der Waals surface area (Å²) < 4.78 is 25.7. The second kappa shape index (κ2) is 14.0. The minimum atomic E-state index is -3.52. The molecule has 13 nitrogen and oxygen atoms in total. The number of sulfonamides is 1. The van der Waals surface area contributed by atoms with Crippen LogP contribution in [-0.2, 0) is 29.2 Å². The lowest BCUT2D eigenvalue weighted by molar-refractivity contribution is -0.144. The molecular weight excluding hydrogens is 624 g/mol. The summed E-state index contributed by atoms with van der Waals surface area (Å²) in [6.45, 7) is 15.8. The number of Topliss-reactive ketones (excluding diaryl/α,β-unsaturated/α-hetero) is 1. The van der Waals surface area contributed by atoms with E-state index in [-0.39, 0.29) is 35.6 Å². The van der Waals surface area contributed by atoms with Gasteiger partial charge in [0.15, 0.2) is 0 Å². The number of urea groups is 1. The molecular formula is C33H58N6O7S. The lowest BCUT2D eigenvalue weighted by Crippen LogP contribution is -2.65. The van der Waals surface area contributed by atoms with Crippen molar-refractivity contribution in [3.63, 3.8) is 0 Å². The summed E-state index contributed by atoms with van der Waals surface area (Å²) >= 11 is 0. The SMILES string of the molecule is CCC(CN(C)S(C)(=O)=O)(NC(=O)N[C@H](C(=O)N1C[C@H]2[C@H](CCC2(C)C)[C@H]1C(=O)NC(CC1CC1)C(=O)C(N)=O)C(C)(C)C)C(C)C. The fourth-order valence-electron chi connectivity index (χ4n) is 7.43. The molecule has 268 valence electrons. The predicted molar refractivity (Wildman–Crippen MR) is 179 cm³/mol. The van der Waals surface area contributed by atoms with Crippen LogP contribution in [-0.4, -0.2) is 97.2 Å². The first-order valence-corrected chi connectivity index (χ1v) is 18.7. The Morgan fingerprint density at radius 3 is 2.11 bits per heavy atom. The number of likely N-dealkylation sites (N-methyl/N-ethyl adjacent to an activating group) is 1. The molecule has 3 fully saturated rings. The minimum Gasteiger partial charge on any atom is -0.363 e. The molecule has 0 spiro atoms. The quantitative estimate of drug-likeness (QED) is 0.202. The number of nitrogens with two attached hydrogens (primary N) is 1. The van der Waals surface area contributed by atoms with Crippen molar-refractivity contribution in [2.45, 2.75) is 118 Å². The summed E-state index contributed by atoms with van der Waals surface area (Å²) in [5.74, 6) is -2.92. The highest BCUT2D eigenvalue weighted by Gasteiger charge is 2.57. The number of nitrogens with zero attached hydrogens (tertiary/aromatic N) is 2. The Balaban J connectivity index is 1.92. The molecule has 3 aliphatic rings. The second-order valence-electron chi connectivity index (χ2n) is 16.3. The molecule has 1 aliphatic heterocycles. The molecule has 0 radical (unpaired) electrons. The topological polar surface area (TPSA) is 188 Å². The summed E-state index contributed by atoms with van der Waals surface area (Å²) in [5, 5.41) is 8.69. The Morgan fingerprint density at radius 2 is 1.64 bits per heavy atom. The summed E-state index contributed by atoms with van der Waals surface area (Å²) in [5.41, 5.74) is 3.50. The molecule has 0 aromatic rings. The third-order valence-corrected chi connectivity index (χ3v) is 12.3. The molecule has 5 N–H and O–H groups in total. The zero-order valence-corrected chi connectivity index (χ0v) is 30.8. The van der Waals surface area contributed by atoms with Crippen LogP contribution >= 0.6 is 0 Å². The Labute approximate surface area is 280 Å². The summed E-state index contributed by atoms with van der Waals surface area (Å²) in [6.07, 6.45) is 5.28. The van der Waals surface area contributed by atoms with E-state index in [1.807, 2.05) is 41.5 Å². The van der Waals surface area contributed by atoms with Crippen LogP contribution in [0.15, 0.2) is 0 Å². The maximum absolute atomic E-state index is 14.6. The number of fused-ring (bicyclic) bond motifs is 1.